The van der Waals surface area contributed by atoms with Crippen LogP contribution in [-0.2, 0) is 32.2 Å². The molecule has 2 aromatic rings. The van der Waals surface area contributed by atoms with Crippen LogP contribution in [0.1, 0.15) is 70.4 Å². The maximum absolute atomic E-state index is 13.6. The van der Waals surface area contributed by atoms with Gasteiger partial charge in [-0.1, -0.05) is 86.8 Å². The van der Waals surface area contributed by atoms with E-state index in [1.807, 2.05) is 13.8 Å². The van der Waals surface area contributed by atoms with E-state index in [1.54, 1.807) is 0 Å². The molecule has 278 valence electrons. The molecule has 0 atom stereocenters. The Kier molecular flexibility index (Phi) is 15.6. The zero-order valence-corrected chi connectivity index (χ0v) is 31.4. The molecule has 3 aliphatic heterocycles. The van der Waals surface area contributed by atoms with Gasteiger partial charge >= 0.3 is 11.9 Å². The first-order chi connectivity index (χ1) is 24.9. The zero-order chi connectivity index (χ0) is 35.8. The largest absolute Gasteiger partial charge is 0.462 e. The van der Waals surface area contributed by atoms with Crippen molar-refractivity contribution in [1.29, 1.82) is 0 Å². The van der Waals surface area contributed by atoms with Gasteiger partial charge in [-0.3, -0.25) is 9.80 Å². The number of nitrogens with one attached hydrogen (secondary N) is 1. The van der Waals surface area contributed by atoms with Crippen molar-refractivity contribution < 1.29 is 19.1 Å². The number of benzene rings is 2. The van der Waals surface area contributed by atoms with Crippen molar-refractivity contribution in [2.45, 2.75) is 72.4 Å². The molecule has 2 saturated heterocycles. The smallest absolute Gasteiger partial charge is 0.336 e. The van der Waals surface area contributed by atoms with Gasteiger partial charge in [-0.25, -0.2) is 9.59 Å². The van der Waals surface area contributed by atoms with E-state index in [2.05, 4.69) is 92.5 Å². The van der Waals surface area contributed by atoms with E-state index >= 15 is 0 Å². The van der Waals surface area contributed by atoms with E-state index in [4.69, 9.17) is 9.47 Å². The number of dihydropyridines is 1. The first-order valence-corrected chi connectivity index (χ1v) is 19.4. The summed E-state index contributed by atoms with van der Waals surface area (Å²) in [5.41, 5.74) is 5.41. The van der Waals surface area contributed by atoms with Crippen LogP contribution < -0.4 is 5.32 Å². The lowest BCUT2D eigenvalue weighted by molar-refractivity contribution is -0.141. The van der Waals surface area contributed by atoms with Gasteiger partial charge in [0, 0.05) is 95.8 Å². The number of unbranched alkanes of at least 4 members (excludes halogenated alkanes) is 2. The number of allylic oxidation sites excluding steroid dienone is 2. The van der Waals surface area contributed by atoms with Crippen molar-refractivity contribution in [3.8, 4) is 0 Å². The first-order valence-electron chi connectivity index (χ1n) is 19.4. The Morgan fingerprint density at radius 1 is 0.608 bits per heavy atom. The van der Waals surface area contributed by atoms with Gasteiger partial charge in [0.05, 0.1) is 24.4 Å². The number of carbonyl (C=O) groups excluding carboxylic acids is 2. The van der Waals surface area contributed by atoms with Gasteiger partial charge in [-0.05, 0) is 44.2 Å². The van der Waals surface area contributed by atoms with Gasteiger partial charge in [0.2, 0.25) is 0 Å². The molecule has 1 N–H and O–H groups in total. The average molecular weight is 700 g/mol. The van der Waals surface area contributed by atoms with Crippen LogP contribution >= 0.6 is 0 Å². The maximum atomic E-state index is 13.6. The highest BCUT2D eigenvalue weighted by atomic mass is 16.5. The molecule has 0 amide bonds. The molecule has 9 heteroatoms. The molecule has 0 unspecified atom stereocenters. The van der Waals surface area contributed by atoms with Crippen LogP contribution in [0.4, 0.5) is 0 Å². The van der Waals surface area contributed by atoms with Crippen molar-refractivity contribution in [2.24, 2.45) is 5.92 Å². The molecular weight excluding hydrogens is 638 g/mol. The van der Waals surface area contributed by atoms with E-state index < -0.39 is 0 Å². The summed E-state index contributed by atoms with van der Waals surface area (Å²) in [5, 5.41) is 3.32. The second-order valence-corrected chi connectivity index (χ2v) is 14.4. The Morgan fingerprint density at radius 3 is 1.43 bits per heavy atom. The minimum Gasteiger partial charge on any atom is -0.462 e. The summed E-state index contributed by atoms with van der Waals surface area (Å²) in [5.74, 6) is -0.968. The summed E-state index contributed by atoms with van der Waals surface area (Å²) in [6.07, 6.45) is 5.34. The van der Waals surface area contributed by atoms with Crippen LogP contribution in [-0.4, -0.2) is 110 Å². The van der Waals surface area contributed by atoms with E-state index in [9.17, 15) is 9.59 Å². The summed E-state index contributed by atoms with van der Waals surface area (Å²) < 4.78 is 11.8. The SMILES string of the molecule is CCCCCC1C(C(=O)OCCCN2CCN(Cc3ccccc3)CC2)=C(C)NC(C)=C1C(=O)OCCCN1CCN(Cc2ccccc2)CC1. The molecule has 0 aromatic heterocycles. The number of rotatable bonds is 18. The second-order valence-electron chi connectivity index (χ2n) is 14.4. The fourth-order valence-electron chi connectivity index (χ4n) is 7.65. The molecule has 0 saturated carbocycles. The molecule has 51 heavy (non-hydrogen) atoms. The number of hydrogen-bond acceptors (Lipinski definition) is 9. The van der Waals surface area contributed by atoms with Gasteiger partial charge in [0.25, 0.3) is 0 Å². The molecule has 5 rings (SSSR count). The van der Waals surface area contributed by atoms with Crippen LogP contribution in [0.5, 0.6) is 0 Å². The standard InChI is InChI=1S/C42H61N5O4/c1-4-5-8-19-38-39(41(48)50-30-13-20-44-22-26-46(27-23-44)32-36-15-9-6-10-16-36)34(2)43-35(3)40(38)42(49)51-31-14-21-45-24-28-47(29-25-45)33-37-17-11-7-12-18-37/h6-7,9-12,15-18,38,43H,4-5,8,13-14,19-33H2,1-3H3. The fraction of sp³-hybridized carbons (Fsp3) is 0.571. The minimum atomic E-state index is -0.326. The summed E-state index contributed by atoms with van der Waals surface area (Å²) in [6.45, 7) is 18.8. The van der Waals surface area contributed by atoms with Gasteiger partial charge in [0.1, 0.15) is 0 Å². The lowest BCUT2D eigenvalue weighted by Gasteiger charge is -2.34. The highest BCUT2D eigenvalue weighted by Gasteiger charge is 2.36. The van der Waals surface area contributed by atoms with Gasteiger partial charge in [0.15, 0.2) is 0 Å². The Morgan fingerprint density at radius 2 is 1.02 bits per heavy atom. The summed E-state index contributed by atoms with van der Waals surface area (Å²) in [4.78, 5) is 37.2. The molecule has 0 bridgehead atoms. The van der Waals surface area contributed by atoms with Crippen LogP contribution in [0, 0.1) is 5.92 Å². The average Bonchev–Trinajstić information content (AvgIpc) is 3.14. The zero-order valence-electron chi connectivity index (χ0n) is 31.4. The molecule has 0 radical (unpaired) electrons. The third-order valence-electron chi connectivity index (χ3n) is 10.5. The predicted molar refractivity (Wildman–Crippen MR) is 204 cm³/mol. The fourth-order valence-corrected chi connectivity index (χ4v) is 7.65. The van der Waals surface area contributed by atoms with Crippen molar-refractivity contribution >= 4 is 11.9 Å². The third-order valence-corrected chi connectivity index (χ3v) is 10.5. The van der Waals surface area contributed by atoms with E-state index in [1.165, 1.54) is 11.1 Å². The Hall–Kier alpha value is -3.50. The summed E-state index contributed by atoms with van der Waals surface area (Å²) in [6, 6.07) is 21.3. The Bertz CT molecular complexity index is 1330. The van der Waals surface area contributed by atoms with Crippen molar-refractivity contribution in [3.63, 3.8) is 0 Å². The van der Waals surface area contributed by atoms with Crippen LogP contribution in [0.3, 0.4) is 0 Å². The second kappa shape index (κ2) is 20.5. The predicted octanol–water partition coefficient (Wildman–Crippen LogP) is 5.84. The highest BCUT2D eigenvalue weighted by molar-refractivity contribution is 5.97. The first kappa shape index (κ1) is 38.7. The van der Waals surface area contributed by atoms with Gasteiger partial charge in [-0.15, -0.1) is 0 Å². The number of piperazine rings is 2. The quantitative estimate of drug-likeness (QED) is 0.153. The van der Waals surface area contributed by atoms with E-state index in [0.29, 0.717) is 24.4 Å². The summed E-state index contributed by atoms with van der Waals surface area (Å²) in [7, 11) is 0. The van der Waals surface area contributed by atoms with Gasteiger partial charge in [-0.2, -0.15) is 0 Å². The molecule has 3 heterocycles. The van der Waals surface area contributed by atoms with Crippen LogP contribution in [0.2, 0.25) is 0 Å². The molecule has 0 aliphatic carbocycles. The monoisotopic (exact) mass is 699 g/mol. The Labute approximate surface area is 306 Å². The maximum Gasteiger partial charge on any atom is 0.336 e. The van der Waals surface area contributed by atoms with E-state index in [0.717, 1.165) is 128 Å². The molecule has 9 nitrogen and oxygen atoms in total. The van der Waals surface area contributed by atoms with Crippen LogP contribution in [0.25, 0.3) is 0 Å². The number of carbonyl (C=O) groups is 2. The molecule has 2 fully saturated rings. The lowest BCUT2D eigenvalue weighted by atomic mass is 9.82. The number of nitrogens with zero attached hydrogens (tertiary/aromatic N) is 4. The van der Waals surface area contributed by atoms with Crippen molar-refractivity contribution in [3.05, 3.63) is 94.3 Å². The number of esters is 2. The molecule has 3 aliphatic rings. The molecular formula is C42H61N5O4. The number of ether oxygens (including phenoxy) is 2. The van der Waals surface area contributed by atoms with Crippen molar-refractivity contribution in [1.82, 2.24) is 24.9 Å². The summed E-state index contributed by atoms with van der Waals surface area (Å²) >= 11 is 0. The van der Waals surface area contributed by atoms with Crippen molar-refractivity contribution in [2.75, 3.05) is 78.7 Å². The van der Waals surface area contributed by atoms with Gasteiger partial charge < -0.3 is 24.6 Å². The molecule has 0 spiro atoms. The minimum absolute atomic E-state index is 0.321. The van der Waals surface area contributed by atoms with E-state index in [-0.39, 0.29) is 17.9 Å². The lowest BCUT2D eigenvalue weighted by Crippen LogP contribution is -2.46. The van der Waals surface area contributed by atoms with Crippen LogP contribution in [0.15, 0.2) is 83.2 Å². The third kappa shape index (κ3) is 12.0. The number of hydrogen-bond donors (Lipinski definition) is 1. The molecule has 2 aromatic carbocycles. The highest BCUT2D eigenvalue weighted by Crippen LogP contribution is 2.35. The Balaban J connectivity index is 1.05. The normalized spacial score (nSPS) is 18.6. The topological polar surface area (TPSA) is 77.6 Å².